The van der Waals surface area contributed by atoms with Gasteiger partial charge in [0.15, 0.2) is 0 Å². The van der Waals surface area contributed by atoms with Crippen molar-refractivity contribution in [1.29, 1.82) is 0 Å². The summed E-state index contributed by atoms with van der Waals surface area (Å²) in [5, 5.41) is 12.1. The van der Waals surface area contributed by atoms with Crippen molar-refractivity contribution < 1.29 is 9.90 Å². The molecule has 106 valence electrons. The molecule has 2 aromatic rings. The second-order valence-electron chi connectivity index (χ2n) is 4.17. The van der Waals surface area contributed by atoms with Gasteiger partial charge in [-0.3, -0.25) is 4.79 Å². The van der Waals surface area contributed by atoms with E-state index in [-0.39, 0.29) is 18.2 Å². The summed E-state index contributed by atoms with van der Waals surface area (Å²) in [5.41, 5.74) is 1.62. The zero-order valence-electron chi connectivity index (χ0n) is 11.1. The summed E-state index contributed by atoms with van der Waals surface area (Å²) in [6, 6.07) is 10.6. The van der Waals surface area contributed by atoms with E-state index in [2.05, 4.69) is 22.1 Å². The Morgan fingerprint density at radius 3 is 2.95 bits per heavy atom. The lowest BCUT2D eigenvalue weighted by Crippen LogP contribution is -2.24. The summed E-state index contributed by atoms with van der Waals surface area (Å²) >= 11 is 5.89. The van der Waals surface area contributed by atoms with Crippen molar-refractivity contribution in [3.63, 3.8) is 0 Å². The van der Waals surface area contributed by atoms with E-state index in [1.165, 1.54) is 6.20 Å². The van der Waals surface area contributed by atoms with Crippen molar-refractivity contribution in [2.75, 3.05) is 6.61 Å². The van der Waals surface area contributed by atoms with E-state index >= 15 is 0 Å². The number of hydrogen-bond acceptors (Lipinski definition) is 3. The van der Waals surface area contributed by atoms with Crippen LogP contribution in [0.25, 0.3) is 0 Å². The number of aliphatic hydroxyl groups is 1. The van der Waals surface area contributed by atoms with E-state index in [4.69, 9.17) is 16.7 Å². The van der Waals surface area contributed by atoms with Gasteiger partial charge in [0.1, 0.15) is 12.3 Å². The summed E-state index contributed by atoms with van der Waals surface area (Å²) in [6.45, 7) is 0.0846. The number of carbonyl (C=O) groups is 1. The average molecular weight is 301 g/mol. The molecular formula is C16H13ClN2O2. The number of rotatable bonds is 3. The molecular weight excluding hydrogens is 288 g/mol. The van der Waals surface area contributed by atoms with Crippen LogP contribution in [-0.2, 0) is 6.54 Å². The molecule has 5 heteroatoms. The van der Waals surface area contributed by atoms with E-state index in [0.29, 0.717) is 17.1 Å². The molecule has 0 saturated heterocycles. The summed E-state index contributed by atoms with van der Waals surface area (Å²) in [7, 11) is 0. The van der Waals surface area contributed by atoms with E-state index in [1.807, 2.05) is 12.1 Å². The molecule has 1 heterocycles. The molecule has 1 amide bonds. The second kappa shape index (κ2) is 7.44. The number of amides is 1. The highest BCUT2D eigenvalue weighted by atomic mass is 35.5. The first kappa shape index (κ1) is 15.0. The van der Waals surface area contributed by atoms with Crippen LogP contribution in [0.4, 0.5) is 0 Å². The van der Waals surface area contributed by atoms with Crippen molar-refractivity contribution in [2.45, 2.75) is 6.54 Å². The number of nitrogens with one attached hydrogen (secondary N) is 1. The van der Waals surface area contributed by atoms with Gasteiger partial charge in [-0.1, -0.05) is 35.6 Å². The Labute approximate surface area is 127 Å². The van der Waals surface area contributed by atoms with Crippen LogP contribution in [0.5, 0.6) is 0 Å². The minimum atomic E-state index is -0.321. The third-order valence-electron chi connectivity index (χ3n) is 2.67. The maximum Gasteiger partial charge on any atom is 0.271 e. The summed E-state index contributed by atoms with van der Waals surface area (Å²) < 4.78 is 0. The van der Waals surface area contributed by atoms with Gasteiger partial charge in [0.05, 0.1) is 5.56 Å². The van der Waals surface area contributed by atoms with Crippen molar-refractivity contribution in [3.05, 3.63) is 64.4 Å². The Hall–Kier alpha value is -2.35. The minimum Gasteiger partial charge on any atom is -0.384 e. The number of benzene rings is 1. The zero-order chi connectivity index (χ0) is 15.1. The number of carbonyl (C=O) groups excluding carboxylic acids is 1. The van der Waals surface area contributed by atoms with Gasteiger partial charge in [-0.25, -0.2) is 4.98 Å². The van der Waals surface area contributed by atoms with Crippen molar-refractivity contribution in [1.82, 2.24) is 10.3 Å². The first-order chi connectivity index (χ1) is 10.2. The predicted molar refractivity (Wildman–Crippen MR) is 80.8 cm³/mol. The van der Waals surface area contributed by atoms with Crippen LogP contribution in [0.1, 0.15) is 21.6 Å². The van der Waals surface area contributed by atoms with Crippen LogP contribution in [0.3, 0.4) is 0 Å². The fourth-order valence-electron chi connectivity index (χ4n) is 1.73. The molecule has 0 aliphatic rings. The van der Waals surface area contributed by atoms with Crippen LogP contribution in [0.15, 0.2) is 42.6 Å². The third-order valence-corrected chi connectivity index (χ3v) is 2.90. The molecule has 0 bridgehead atoms. The molecule has 0 unspecified atom stereocenters. The molecule has 0 fully saturated rings. The molecule has 0 radical (unpaired) electrons. The third kappa shape index (κ3) is 4.32. The Bertz CT molecular complexity index is 705. The fraction of sp³-hybridized carbons (Fsp3) is 0.125. The summed E-state index contributed by atoms with van der Waals surface area (Å²) in [4.78, 5) is 16.2. The molecule has 1 aromatic carbocycles. The maximum absolute atomic E-state index is 12.2. The topological polar surface area (TPSA) is 62.2 Å². The predicted octanol–water partition coefficient (Wildman–Crippen LogP) is 2.01. The first-order valence-electron chi connectivity index (χ1n) is 6.28. The summed E-state index contributed by atoms with van der Waals surface area (Å²) in [6.07, 6.45) is 1.53. The highest BCUT2D eigenvalue weighted by molar-refractivity contribution is 6.30. The zero-order valence-corrected chi connectivity index (χ0v) is 11.9. The van der Waals surface area contributed by atoms with Gasteiger partial charge in [0.2, 0.25) is 0 Å². The fourth-order valence-corrected chi connectivity index (χ4v) is 1.95. The highest BCUT2D eigenvalue weighted by Crippen LogP contribution is 2.11. The first-order valence-corrected chi connectivity index (χ1v) is 6.66. The Kier molecular flexibility index (Phi) is 5.33. The van der Waals surface area contributed by atoms with Crippen molar-refractivity contribution in [3.8, 4) is 11.8 Å². The number of pyridine rings is 1. The number of aliphatic hydroxyl groups excluding tert-OH is 1. The van der Waals surface area contributed by atoms with E-state index in [0.717, 1.165) is 5.56 Å². The van der Waals surface area contributed by atoms with Crippen molar-refractivity contribution in [2.24, 2.45) is 0 Å². The molecule has 0 atom stereocenters. The number of halogens is 1. The Morgan fingerprint density at radius 1 is 1.33 bits per heavy atom. The second-order valence-corrected chi connectivity index (χ2v) is 4.61. The van der Waals surface area contributed by atoms with E-state index in [1.54, 1.807) is 24.3 Å². The maximum atomic E-state index is 12.2. The lowest BCUT2D eigenvalue weighted by molar-refractivity contribution is 0.0945. The standard InChI is InChI=1S/C16H13ClN2O2/c17-14-7-1-4-12(10-14)11-19-16(21)15-13(6-3-9-20)5-2-8-18-15/h1-2,4-5,7-8,10,20H,9,11H2,(H,19,21). The van der Waals surface area contributed by atoms with Gasteiger partial charge in [0.25, 0.3) is 5.91 Å². The number of nitrogens with zero attached hydrogens (tertiary/aromatic N) is 1. The van der Waals surface area contributed by atoms with E-state index in [9.17, 15) is 4.79 Å². The van der Waals surface area contributed by atoms with Crippen LogP contribution < -0.4 is 5.32 Å². The number of aromatic nitrogens is 1. The minimum absolute atomic E-state index is 0.237. The Balaban J connectivity index is 2.10. The van der Waals surface area contributed by atoms with Gasteiger partial charge in [0, 0.05) is 17.8 Å². The molecule has 0 spiro atoms. The van der Waals surface area contributed by atoms with Gasteiger partial charge in [-0.05, 0) is 29.8 Å². The monoisotopic (exact) mass is 300 g/mol. The normalized spacial score (nSPS) is 9.62. The molecule has 4 nitrogen and oxygen atoms in total. The quantitative estimate of drug-likeness (QED) is 0.852. The smallest absolute Gasteiger partial charge is 0.271 e. The molecule has 21 heavy (non-hydrogen) atoms. The van der Waals surface area contributed by atoms with Crippen LogP contribution in [0, 0.1) is 11.8 Å². The molecule has 1 aromatic heterocycles. The molecule has 0 saturated carbocycles. The Morgan fingerprint density at radius 2 is 2.19 bits per heavy atom. The molecule has 2 rings (SSSR count). The largest absolute Gasteiger partial charge is 0.384 e. The average Bonchev–Trinajstić information content (AvgIpc) is 2.51. The molecule has 2 N–H and O–H groups in total. The van der Waals surface area contributed by atoms with Gasteiger partial charge < -0.3 is 10.4 Å². The summed E-state index contributed by atoms with van der Waals surface area (Å²) in [5.74, 6) is 4.89. The van der Waals surface area contributed by atoms with Crippen LogP contribution >= 0.6 is 11.6 Å². The van der Waals surface area contributed by atoms with Gasteiger partial charge in [-0.2, -0.15) is 0 Å². The van der Waals surface area contributed by atoms with E-state index < -0.39 is 0 Å². The van der Waals surface area contributed by atoms with Gasteiger partial charge in [-0.15, -0.1) is 0 Å². The molecule has 0 aliphatic carbocycles. The van der Waals surface area contributed by atoms with Crippen molar-refractivity contribution >= 4 is 17.5 Å². The lowest BCUT2D eigenvalue weighted by Gasteiger charge is -2.06. The van der Waals surface area contributed by atoms with Crippen LogP contribution in [-0.4, -0.2) is 22.6 Å². The highest BCUT2D eigenvalue weighted by Gasteiger charge is 2.11. The number of hydrogen-bond donors (Lipinski definition) is 2. The van der Waals surface area contributed by atoms with Crippen LogP contribution in [0.2, 0.25) is 5.02 Å². The van der Waals surface area contributed by atoms with Gasteiger partial charge >= 0.3 is 0 Å². The lowest BCUT2D eigenvalue weighted by atomic mass is 10.1. The SMILES string of the molecule is O=C(NCc1cccc(Cl)c1)c1ncccc1C#CCO. The molecule has 0 aliphatic heterocycles.